The van der Waals surface area contributed by atoms with E-state index in [1.54, 1.807) is 0 Å². The fraction of sp³-hybridized carbons (Fsp3) is 1.00. The van der Waals surface area contributed by atoms with Crippen LogP contribution in [-0.4, -0.2) is 7.28 Å². The Labute approximate surface area is 65.6 Å². The van der Waals surface area contributed by atoms with Gasteiger partial charge in [0.1, 0.15) is 7.28 Å². The van der Waals surface area contributed by atoms with Gasteiger partial charge in [-0.2, -0.15) is 0 Å². The number of hydrogen-bond donors (Lipinski definition) is 0. The first kappa shape index (κ1) is 8.16. The molecule has 0 unspecified atom stereocenters. The molecule has 0 aromatic rings. The lowest BCUT2D eigenvalue weighted by molar-refractivity contribution is 0.365. The van der Waals surface area contributed by atoms with Crippen molar-refractivity contribution >= 4 is 7.28 Å². The van der Waals surface area contributed by atoms with Crippen molar-refractivity contribution in [2.24, 2.45) is 0 Å². The molecule has 1 fully saturated rings. The topological polar surface area (TPSA) is 0 Å². The molecule has 1 aliphatic carbocycles. The first-order valence-corrected chi connectivity index (χ1v) is 4.83. The lowest BCUT2D eigenvalue weighted by Crippen LogP contribution is -2.20. The summed E-state index contributed by atoms with van der Waals surface area (Å²) < 4.78 is 0. The van der Waals surface area contributed by atoms with Crippen molar-refractivity contribution in [2.45, 2.75) is 57.6 Å². The maximum atomic E-state index is 2.36. The quantitative estimate of drug-likeness (QED) is 0.514. The van der Waals surface area contributed by atoms with Crippen LogP contribution in [-0.2, 0) is 0 Å². The van der Waals surface area contributed by atoms with Crippen molar-refractivity contribution in [1.29, 1.82) is 0 Å². The van der Waals surface area contributed by atoms with E-state index in [1.807, 2.05) is 0 Å². The van der Waals surface area contributed by atoms with Crippen molar-refractivity contribution in [1.82, 2.24) is 0 Å². The predicted octanol–water partition coefficient (Wildman–Crippen LogP) is 3.00. The van der Waals surface area contributed by atoms with Crippen LogP contribution in [0.2, 0.25) is 12.1 Å². The number of hydrogen-bond acceptors (Lipinski definition) is 0. The molecule has 1 rings (SSSR count). The lowest BCUT2D eigenvalue weighted by atomic mass is 9.47. The van der Waals surface area contributed by atoms with Gasteiger partial charge in [0.25, 0.3) is 0 Å². The Morgan fingerprint density at radius 3 is 2.10 bits per heavy atom. The Bertz CT molecular complexity index is 86.9. The Balaban J connectivity index is 2.44. The van der Waals surface area contributed by atoms with Gasteiger partial charge in [-0.1, -0.05) is 57.6 Å². The van der Waals surface area contributed by atoms with E-state index in [0.29, 0.717) is 0 Å². The fourth-order valence-corrected chi connectivity index (χ4v) is 2.26. The first-order valence-electron chi connectivity index (χ1n) is 4.83. The van der Waals surface area contributed by atoms with Gasteiger partial charge in [0.15, 0.2) is 0 Å². The van der Waals surface area contributed by atoms with Crippen LogP contribution in [0.15, 0.2) is 0 Å². The second kappa shape index (κ2) is 3.45. The van der Waals surface area contributed by atoms with Crippen molar-refractivity contribution in [3.05, 3.63) is 0 Å². The SMILES string of the molecule is CBC1(CC)CCCCC1. The smallest absolute Gasteiger partial charge is 0.0888 e. The van der Waals surface area contributed by atoms with E-state index in [0.717, 1.165) is 5.31 Å². The Morgan fingerprint density at radius 1 is 1.20 bits per heavy atom. The standard InChI is InChI=1S/C9H19B/c1-3-9(10-2)7-5-4-6-8-9/h10H,3-8H2,1-2H3. The van der Waals surface area contributed by atoms with Gasteiger partial charge in [-0.25, -0.2) is 0 Å². The highest BCUT2D eigenvalue weighted by atomic mass is 14.3. The van der Waals surface area contributed by atoms with Gasteiger partial charge in [-0.05, 0) is 0 Å². The van der Waals surface area contributed by atoms with E-state index >= 15 is 0 Å². The van der Waals surface area contributed by atoms with Crippen LogP contribution >= 0.6 is 0 Å². The van der Waals surface area contributed by atoms with Crippen LogP contribution in [0.1, 0.15) is 45.4 Å². The minimum Gasteiger partial charge on any atom is -0.0888 e. The molecule has 0 spiro atoms. The second-order valence-electron chi connectivity index (χ2n) is 3.77. The van der Waals surface area contributed by atoms with Crippen molar-refractivity contribution < 1.29 is 0 Å². The molecule has 0 aromatic carbocycles. The molecular weight excluding hydrogens is 119 g/mol. The molecule has 0 saturated heterocycles. The molecule has 0 bridgehead atoms. The molecule has 1 saturated carbocycles. The monoisotopic (exact) mass is 138 g/mol. The zero-order valence-electron chi connectivity index (χ0n) is 7.45. The van der Waals surface area contributed by atoms with Crippen LogP contribution in [0.3, 0.4) is 0 Å². The van der Waals surface area contributed by atoms with Crippen LogP contribution in [0, 0.1) is 0 Å². The third-order valence-corrected chi connectivity index (χ3v) is 3.41. The van der Waals surface area contributed by atoms with Crippen molar-refractivity contribution in [3.8, 4) is 0 Å². The van der Waals surface area contributed by atoms with Crippen LogP contribution in [0.5, 0.6) is 0 Å². The molecule has 58 valence electrons. The normalized spacial score (nSPS) is 24.2. The molecule has 0 aliphatic heterocycles. The third kappa shape index (κ3) is 1.56. The zero-order chi connectivity index (χ0) is 7.45. The van der Waals surface area contributed by atoms with Gasteiger partial charge in [0.05, 0.1) is 0 Å². The van der Waals surface area contributed by atoms with Crippen molar-refractivity contribution in [2.75, 3.05) is 0 Å². The van der Waals surface area contributed by atoms with E-state index in [4.69, 9.17) is 0 Å². The third-order valence-electron chi connectivity index (χ3n) is 3.41. The minimum atomic E-state index is 0.762. The highest BCUT2D eigenvalue weighted by Crippen LogP contribution is 2.44. The van der Waals surface area contributed by atoms with Crippen LogP contribution < -0.4 is 0 Å². The fourth-order valence-electron chi connectivity index (χ4n) is 2.26. The molecular formula is C9H19B. The largest absolute Gasteiger partial charge is 0.124 e. The summed E-state index contributed by atoms with van der Waals surface area (Å²) in [4.78, 5) is 0. The van der Waals surface area contributed by atoms with Crippen molar-refractivity contribution in [3.63, 3.8) is 0 Å². The summed E-state index contributed by atoms with van der Waals surface area (Å²) >= 11 is 0. The van der Waals surface area contributed by atoms with E-state index in [2.05, 4.69) is 13.7 Å². The average Bonchev–Trinajstić information content (AvgIpc) is 2.06. The maximum absolute atomic E-state index is 2.36. The Morgan fingerprint density at radius 2 is 1.80 bits per heavy atom. The van der Waals surface area contributed by atoms with E-state index in [1.165, 1.54) is 45.8 Å². The van der Waals surface area contributed by atoms with Gasteiger partial charge in [0, 0.05) is 0 Å². The lowest BCUT2D eigenvalue weighted by Gasteiger charge is -2.35. The summed E-state index contributed by atoms with van der Waals surface area (Å²) in [5.41, 5.74) is 0. The summed E-state index contributed by atoms with van der Waals surface area (Å²) in [7, 11) is 1.41. The molecule has 0 amide bonds. The summed E-state index contributed by atoms with van der Waals surface area (Å²) in [6.07, 6.45) is 8.87. The summed E-state index contributed by atoms with van der Waals surface area (Å²) in [5.74, 6) is 0. The molecule has 10 heavy (non-hydrogen) atoms. The second-order valence-corrected chi connectivity index (χ2v) is 3.77. The van der Waals surface area contributed by atoms with E-state index in [-0.39, 0.29) is 0 Å². The molecule has 0 radical (unpaired) electrons. The zero-order valence-corrected chi connectivity index (χ0v) is 7.45. The van der Waals surface area contributed by atoms with E-state index < -0.39 is 0 Å². The minimum absolute atomic E-state index is 0.762. The van der Waals surface area contributed by atoms with Gasteiger partial charge >= 0.3 is 0 Å². The van der Waals surface area contributed by atoms with Gasteiger partial charge in [-0.3, -0.25) is 0 Å². The van der Waals surface area contributed by atoms with Crippen LogP contribution in [0.25, 0.3) is 0 Å². The number of rotatable bonds is 2. The molecule has 0 N–H and O–H groups in total. The molecule has 1 heteroatoms. The molecule has 0 aromatic heterocycles. The summed E-state index contributed by atoms with van der Waals surface area (Å²) in [6, 6.07) is 0. The average molecular weight is 138 g/mol. The van der Waals surface area contributed by atoms with Crippen LogP contribution in [0.4, 0.5) is 0 Å². The van der Waals surface area contributed by atoms with Gasteiger partial charge < -0.3 is 0 Å². The highest BCUT2D eigenvalue weighted by Gasteiger charge is 2.28. The Kier molecular flexibility index (Phi) is 2.82. The molecule has 0 heterocycles. The predicted molar refractivity (Wildman–Crippen MR) is 49.1 cm³/mol. The molecule has 1 aliphatic rings. The maximum Gasteiger partial charge on any atom is 0.124 e. The van der Waals surface area contributed by atoms with E-state index in [9.17, 15) is 0 Å². The van der Waals surface area contributed by atoms with Gasteiger partial charge in [-0.15, -0.1) is 0 Å². The first-order chi connectivity index (χ1) is 4.83. The summed E-state index contributed by atoms with van der Waals surface area (Å²) in [6.45, 7) is 4.71. The molecule has 0 nitrogen and oxygen atoms in total. The van der Waals surface area contributed by atoms with Gasteiger partial charge in [0.2, 0.25) is 0 Å². The molecule has 0 atom stereocenters. The Hall–Kier alpha value is 0.0649. The summed E-state index contributed by atoms with van der Waals surface area (Å²) in [5, 5.41) is 0.762. The highest BCUT2D eigenvalue weighted by molar-refractivity contribution is 6.38.